The summed E-state index contributed by atoms with van der Waals surface area (Å²) in [7, 11) is -1.39. The highest BCUT2D eigenvalue weighted by molar-refractivity contribution is 6.43. The topological polar surface area (TPSA) is 92.5 Å². The van der Waals surface area contributed by atoms with Gasteiger partial charge in [-0.25, -0.2) is 0 Å². The minimum atomic E-state index is -1.39. The minimum absolute atomic E-state index is 0.522. The van der Waals surface area contributed by atoms with Gasteiger partial charge in [0, 0.05) is 5.94 Å². The number of hydrogen-bond donors (Lipinski definition) is 4. The summed E-state index contributed by atoms with van der Waals surface area (Å²) in [4.78, 5) is 0. The standard InChI is InChI=1S/C5H15BN2O2/c7-4-2-1-3-5(8)6(9)10/h5,9-10H,1-4,7-8H2. The zero-order valence-corrected chi connectivity index (χ0v) is 6.03. The molecule has 1 unspecified atom stereocenters. The summed E-state index contributed by atoms with van der Waals surface area (Å²) in [6.07, 6.45) is 2.37. The smallest absolute Gasteiger partial charge is 0.426 e. The van der Waals surface area contributed by atoms with E-state index in [0.29, 0.717) is 13.0 Å². The van der Waals surface area contributed by atoms with Gasteiger partial charge in [-0.1, -0.05) is 6.42 Å². The van der Waals surface area contributed by atoms with E-state index in [1.807, 2.05) is 0 Å². The van der Waals surface area contributed by atoms with Crippen LogP contribution in [0.3, 0.4) is 0 Å². The van der Waals surface area contributed by atoms with Gasteiger partial charge < -0.3 is 21.5 Å². The average molecular weight is 146 g/mol. The predicted octanol–water partition coefficient (Wildman–Crippen LogP) is -1.55. The lowest BCUT2D eigenvalue weighted by atomic mass is 9.77. The third kappa shape index (κ3) is 4.75. The third-order valence-electron chi connectivity index (χ3n) is 1.37. The van der Waals surface area contributed by atoms with Crippen LogP contribution in [-0.2, 0) is 0 Å². The Bertz CT molecular complexity index is 82.0. The SMILES string of the molecule is NCCCCC(N)B(O)O. The average Bonchev–Trinajstić information content (AvgIpc) is 1.88. The molecule has 6 N–H and O–H groups in total. The van der Waals surface area contributed by atoms with Gasteiger partial charge in [-0.3, -0.25) is 0 Å². The van der Waals surface area contributed by atoms with Crippen LogP contribution in [0.25, 0.3) is 0 Å². The number of nitrogens with two attached hydrogens (primary N) is 2. The lowest BCUT2D eigenvalue weighted by Gasteiger charge is -2.07. The molecule has 0 rings (SSSR count). The summed E-state index contributed by atoms with van der Waals surface area (Å²) in [5.74, 6) is -0.522. The second-order valence-electron chi connectivity index (χ2n) is 2.36. The van der Waals surface area contributed by atoms with Crippen molar-refractivity contribution < 1.29 is 10.0 Å². The number of unbranched alkanes of at least 4 members (excludes halogenated alkanes) is 1. The van der Waals surface area contributed by atoms with E-state index in [1.54, 1.807) is 0 Å². The van der Waals surface area contributed by atoms with E-state index in [1.165, 1.54) is 0 Å². The molecule has 1 atom stereocenters. The molecule has 0 fully saturated rings. The fourth-order valence-corrected chi connectivity index (χ4v) is 0.673. The van der Waals surface area contributed by atoms with Gasteiger partial charge in [0.25, 0.3) is 0 Å². The van der Waals surface area contributed by atoms with Crippen LogP contribution in [0.2, 0.25) is 0 Å². The van der Waals surface area contributed by atoms with Crippen molar-refractivity contribution in [1.29, 1.82) is 0 Å². The Kier molecular flexibility index (Phi) is 5.62. The molecule has 10 heavy (non-hydrogen) atoms. The zero-order chi connectivity index (χ0) is 7.98. The minimum Gasteiger partial charge on any atom is -0.426 e. The highest BCUT2D eigenvalue weighted by Gasteiger charge is 2.17. The van der Waals surface area contributed by atoms with Crippen molar-refractivity contribution in [3.63, 3.8) is 0 Å². The second-order valence-corrected chi connectivity index (χ2v) is 2.36. The van der Waals surface area contributed by atoms with Crippen molar-refractivity contribution in [2.45, 2.75) is 25.2 Å². The monoisotopic (exact) mass is 146 g/mol. The Balaban J connectivity index is 3.13. The molecule has 60 valence electrons. The van der Waals surface area contributed by atoms with Crippen LogP contribution in [0.1, 0.15) is 19.3 Å². The summed E-state index contributed by atoms with van der Waals surface area (Å²) in [6.45, 7) is 0.633. The van der Waals surface area contributed by atoms with E-state index in [2.05, 4.69) is 0 Å². The van der Waals surface area contributed by atoms with E-state index >= 15 is 0 Å². The summed E-state index contributed by atoms with van der Waals surface area (Å²) in [5.41, 5.74) is 10.5. The van der Waals surface area contributed by atoms with Crippen molar-refractivity contribution in [3.05, 3.63) is 0 Å². The van der Waals surface area contributed by atoms with Crippen LogP contribution in [0.4, 0.5) is 0 Å². The van der Waals surface area contributed by atoms with Gasteiger partial charge in [0.05, 0.1) is 0 Å². The molecule has 0 spiro atoms. The van der Waals surface area contributed by atoms with E-state index < -0.39 is 13.1 Å². The molecule has 0 aliphatic rings. The molecule has 0 aromatic heterocycles. The lowest BCUT2D eigenvalue weighted by molar-refractivity contribution is 0.380. The van der Waals surface area contributed by atoms with E-state index in [9.17, 15) is 0 Å². The van der Waals surface area contributed by atoms with E-state index in [-0.39, 0.29) is 0 Å². The molecule has 0 saturated heterocycles. The Morgan fingerprint density at radius 2 is 1.90 bits per heavy atom. The quantitative estimate of drug-likeness (QED) is 0.279. The Morgan fingerprint density at radius 3 is 2.30 bits per heavy atom. The Labute approximate surface area is 61.4 Å². The Hall–Kier alpha value is -0.0951. The Morgan fingerprint density at radius 1 is 1.30 bits per heavy atom. The maximum absolute atomic E-state index is 8.52. The predicted molar refractivity (Wildman–Crippen MR) is 41.1 cm³/mol. The first-order valence-electron chi connectivity index (χ1n) is 3.50. The van der Waals surface area contributed by atoms with Crippen LogP contribution in [0.5, 0.6) is 0 Å². The van der Waals surface area contributed by atoms with Crippen molar-refractivity contribution in [1.82, 2.24) is 0 Å². The van der Waals surface area contributed by atoms with Gasteiger partial charge >= 0.3 is 7.12 Å². The fraction of sp³-hybridized carbons (Fsp3) is 1.00. The van der Waals surface area contributed by atoms with Crippen molar-refractivity contribution in [3.8, 4) is 0 Å². The van der Waals surface area contributed by atoms with E-state index in [4.69, 9.17) is 21.5 Å². The van der Waals surface area contributed by atoms with Crippen LogP contribution < -0.4 is 11.5 Å². The first-order chi connectivity index (χ1) is 4.68. The molecule has 0 aromatic carbocycles. The molecule has 0 heterocycles. The molecule has 5 heteroatoms. The normalized spacial score (nSPS) is 13.2. The first-order valence-corrected chi connectivity index (χ1v) is 3.50. The molecule has 0 radical (unpaired) electrons. The molecule has 0 aromatic rings. The van der Waals surface area contributed by atoms with Gasteiger partial charge in [-0.15, -0.1) is 0 Å². The van der Waals surface area contributed by atoms with Gasteiger partial charge in [-0.2, -0.15) is 0 Å². The van der Waals surface area contributed by atoms with Crippen LogP contribution in [0.15, 0.2) is 0 Å². The molecule has 0 bridgehead atoms. The highest BCUT2D eigenvalue weighted by Crippen LogP contribution is 1.97. The molecule has 4 nitrogen and oxygen atoms in total. The van der Waals surface area contributed by atoms with Crippen molar-refractivity contribution in [2.75, 3.05) is 6.54 Å². The summed E-state index contributed by atoms with van der Waals surface area (Å²) >= 11 is 0. The molecular formula is C5H15BN2O2. The highest BCUT2D eigenvalue weighted by atomic mass is 16.4. The van der Waals surface area contributed by atoms with Crippen molar-refractivity contribution in [2.24, 2.45) is 11.5 Å². The summed E-state index contributed by atoms with van der Waals surface area (Å²) in [6, 6.07) is 0. The zero-order valence-electron chi connectivity index (χ0n) is 6.03. The maximum Gasteiger partial charge on any atom is 0.469 e. The van der Waals surface area contributed by atoms with Crippen LogP contribution >= 0.6 is 0 Å². The fourth-order valence-electron chi connectivity index (χ4n) is 0.673. The number of hydrogen-bond acceptors (Lipinski definition) is 4. The lowest BCUT2D eigenvalue weighted by Crippen LogP contribution is -2.38. The number of rotatable bonds is 5. The largest absolute Gasteiger partial charge is 0.469 e. The van der Waals surface area contributed by atoms with Crippen LogP contribution in [-0.4, -0.2) is 29.7 Å². The van der Waals surface area contributed by atoms with Gasteiger partial charge in [0.15, 0.2) is 0 Å². The van der Waals surface area contributed by atoms with E-state index in [0.717, 1.165) is 12.8 Å². The summed E-state index contributed by atoms with van der Waals surface area (Å²) < 4.78 is 0. The second kappa shape index (κ2) is 5.67. The van der Waals surface area contributed by atoms with Gasteiger partial charge in [0.2, 0.25) is 0 Å². The first kappa shape index (κ1) is 9.90. The molecule has 0 aliphatic heterocycles. The molecule has 0 aliphatic carbocycles. The molecular weight excluding hydrogens is 131 g/mol. The summed E-state index contributed by atoms with van der Waals surface area (Å²) in [5, 5.41) is 17.0. The third-order valence-corrected chi connectivity index (χ3v) is 1.37. The maximum atomic E-state index is 8.52. The molecule has 0 saturated carbocycles. The van der Waals surface area contributed by atoms with Crippen LogP contribution in [0, 0.1) is 0 Å². The van der Waals surface area contributed by atoms with Gasteiger partial charge in [0.1, 0.15) is 0 Å². The van der Waals surface area contributed by atoms with Gasteiger partial charge in [-0.05, 0) is 19.4 Å². The molecule has 0 amide bonds. The van der Waals surface area contributed by atoms with Crippen molar-refractivity contribution >= 4 is 7.12 Å².